The summed E-state index contributed by atoms with van der Waals surface area (Å²) in [6.45, 7) is 5.20. The number of hydrogen-bond acceptors (Lipinski definition) is 5. The molecule has 2 aromatic rings. The molecule has 0 aliphatic carbocycles. The van der Waals surface area contributed by atoms with Crippen LogP contribution in [0.25, 0.3) is 0 Å². The van der Waals surface area contributed by atoms with Gasteiger partial charge in [-0.3, -0.25) is 4.79 Å². The maximum atomic E-state index is 12.3. The van der Waals surface area contributed by atoms with Crippen LogP contribution >= 0.6 is 0 Å². The van der Waals surface area contributed by atoms with Crippen molar-refractivity contribution in [2.45, 2.75) is 33.4 Å². The predicted octanol–water partition coefficient (Wildman–Crippen LogP) is 1.39. The summed E-state index contributed by atoms with van der Waals surface area (Å²) in [7, 11) is 3.73. The van der Waals surface area contributed by atoms with Crippen molar-refractivity contribution in [3.63, 3.8) is 0 Å². The molecule has 0 unspecified atom stereocenters. The molecule has 0 saturated carbocycles. The average Bonchev–Trinajstić information content (AvgIpc) is 2.92. The van der Waals surface area contributed by atoms with E-state index in [-0.39, 0.29) is 5.91 Å². The zero-order valence-electron chi connectivity index (χ0n) is 13.5. The van der Waals surface area contributed by atoms with Gasteiger partial charge >= 0.3 is 0 Å². The Balaban J connectivity index is 2.05. The molecule has 2 aromatic heterocycles. The Bertz CT molecular complexity index is 649. The second-order valence-electron chi connectivity index (χ2n) is 5.28. The third-order valence-electron chi connectivity index (χ3n) is 3.28. The Morgan fingerprint density at radius 1 is 1.36 bits per heavy atom. The first-order chi connectivity index (χ1) is 10.5. The van der Waals surface area contributed by atoms with Crippen LogP contribution in [-0.4, -0.2) is 39.5 Å². The molecule has 22 heavy (non-hydrogen) atoms. The second kappa shape index (κ2) is 7.02. The molecule has 0 spiro atoms. The molecule has 7 nitrogen and oxygen atoms in total. The summed E-state index contributed by atoms with van der Waals surface area (Å²) in [5.41, 5.74) is 1.15. The van der Waals surface area contributed by atoms with E-state index >= 15 is 0 Å². The lowest BCUT2D eigenvalue weighted by molar-refractivity contribution is 0.0948. The second-order valence-corrected chi connectivity index (χ2v) is 5.28. The minimum absolute atomic E-state index is 0.186. The molecule has 0 aliphatic heterocycles. The van der Waals surface area contributed by atoms with Gasteiger partial charge in [0.1, 0.15) is 5.82 Å². The van der Waals surface area contributed by atoms with E-state index in [0.29, 0.717) is 23.8 Å². The molecule has 1 N–H and O–H groups in total. The maximum Gasteiger partial charge on any atom is 0.255 e. The molecule has 0 aliphatic rings. The number of amides is 1. The Morgan fingerprint density at radius 3 is 2.77 bits per heavy atom. The normalized spacial score (nSPS) is 10.5. The highest BCUT2D eigenvalue weighted by atomic mass is 16.1. The molecule has 118 valence electrons. The molecule has 0 atom stereocenters. The van der Waals surface area contributed by atoms with Gasteiger partial charge in [-0.2, -0.15) is 0 Å². The van der Waals surface area contributed by atoms with Gasteiger partial charge in [0, 0.05) is 39.2 Å². The van der Waals surface area contributed by atoms with Gasteiger partial charge in [-0.15, -0.1) is 0 Å². The van der Waals surface area contributed by atoms with Crippen LogP contribution in [-0.2, 0) is 13.1 Å². The summed E-state index contributed by atoms with van der Waals surface area (Å²) < 4.78 is 2.04. The van der Waals surface area contributed by atoms with Crippen molar-refractivity contribution in [1.29, 1.82) is 0 Å². The van der Waals surface area contributed by atoms with Crippen molar-refractivity contribution in [1.82, 2.24) is 24.8 Å². The molecule has 1 amide bonds. The highest BCUT2D eigenvalue weighted by Gasteiger charge is 2.13. The highest BCUT2D eigenvalue weighted by molar-refractivity contribution is 5.94. The number of carbonyl (C=O) groups excluding carboxylic acids is 1. The molecule has 0 bridgehead atoms. The van der Waals surface area contributed by atoms with E-state index < -0.39 is 0 Å². The van der Waals surface area contributed by atoms with Crippen molar-refractivity contribution >= 4 is 11.9 Å². The van der Waals surface area contributed by atoms with Gasteiger partial charge in [-0.05, 0) is 13.3 Å². The van der Waals surface area contributed by atoms with Crippen LogP contribution in [0, 0.1) is 6.92 Å². The fraction of sp³-hybridized carbons (Fsp3) is 0.467. The van der Waals surface area contributed by atoms with Crippen LogP contribution < -0.4 is 10.2 Å². The summed E-state index contributed by atoms with van der Waals surface area (Å²) in [4.78, 5) is 26.8. The lowest BCUT2D eigenvalue weighted by atomic mass is 10.2. The maximum absolute atomic E-state index is 12.3. The Hall–Kier alpha value is -2.44. The number of nitrogens with zero attached hydrogens (tertiary/aromatic N) is 5. The van der Waals surface area contributed by atoms with Gasteiger partial charge in [-0.1, -0.05) is 6.92 Å². The quantitative estimate of drug-likeness (QED) is 0.872. The average molecular weight is 302 g/mol. The minimum atomic E-state index is -0.186. The number of carbonyl (C=O) groups is 1. The SMILES string of the molecule is CCCn1ccnc1CNC(=O)c1cnc(N(C)C)nc1C. The lowest BCUT2D eigenvalue weighted by Gasteiger charge is -2.12. The molecule has 2 rings (SSSR count). The van der Waals surface area contributed by atoms with Gasteiger partial charge in [-0.25, -0.2) is 15.0 Å². The third-order valence-corrected chi connectivity index (χ3v) is 3.28. The van der Waals surface area contributed by atoms with Crippen molar-refractivity contribution in [3.05, 3.63) is 35.7 Å². The topological polar surface area (TPSA) is 75.9 Å². The fourth-order valence-corrected chi connectivity index (χ4v) is 2.10. The molecule has 7 heteroatoms. The molecule has 0 radical (unpaired) electrons. The molecule has 0 saturated heterocycles. The number of aryl methyl sites for hydroxylation is 2. The summed E-state index contributed by atoms with van der Waals surface area (Å²) in [5.74, 6) is 1.25. The van der Waals surface area contributed by atoms with Crippen molar-refractivity contribution in [3.8, 4) is 0 Å². The van der Waals surface area contributed by atoms with Crippen LogP contribution in [0.5, 0.6) is 0 Å². The number of nitrogens with one attached hydrogen (secondary N) is 1. The summed E-state index contributed by atoms with van der Waals surface area (Å²) in [5, 5.41) is 2.87. The van der Waals surface area contributed by atoms with E-state index in [0.717, 1.165) is 18.8 Å². The molecule has 0 fully saturated rings. The van der Waals surface area contributed by atoms with E-state index in [2.05, 4.69) is 27.2 Å². The minimum Gasteiger partial charge on any atom is -0.347 e. The summed E-state index contributed by atoms with van der Waals surface area (Å²) in [6, 6.07) is 0. The summed E-state index contributed by atoms with van der Waals surface area (Å²) >= 11 is 0. The Kier molecular flexibility index (Phi) is 5.08. The van der Waals surface area contributed by atoms with Crippen LogP contribution in [0.2, 0.25) is 0 Å². The van der Waals surface area contributed by atoms with Crippen molar-refractivity contribution in [2.75, 3.05) is 19.0 Å². The monoisotopic (exact) mass is 302 g/mol. The predicted molar refractivity (Wildman–Crippen MR) is 84.8 cm³/mol. The van der Waals surface area contributed by atoms with E-state index in [1.165, 1.54) is 0 Å². The first kappa shape index (κ1) is 15.9. The lowest BCUT2D eigenvalue weighted by Crippen LogP contribution is -2.26. The molecule has 2 heterocycles. The molecular weight excluding hydrogens is 280 g/mol. The molecule has 0 aromatic carbocycles. The Morgan fingerprint density at radius 2 is 2.14 bits per heavy atom. The van der Waals surface area contributed by atoms with Crippen LogP contribution in [0.1, 0.15) is 35.2 Å². The highest BCUT2D eigenvalue weighted by Crippen LogP contribution is 2.09. The first-order valence-electron chi connectivity index (χ1n) is 7.32. The van der Waals surface area contributed by atoms with E-state index in [1.807, 2.05) is 31.8 Å². The smallest absolute Gasteiger partial charge is 0.255 e. The zero-order valence-corrected chi connectivity index (χ0v) is 13.5. The zero-order chi connectivity index (χ0) is 16.1. The van der Waals surface area contributed by atoms with Gasteiger partial charge in [0.25, 0.3) is 5.91 Å². The number of anilines is 1. The van der Waals surface area contributed by atoms with Crippen LogP contribution in [0.3, 0.4) is 0 Å². The van der Waals surface area contributed by atoms with Crippen molar-refractivity contribution in [2.24, 2.45) is 0 Å². The Labute approximate surface area is 130 Å². The fourth-order valence-electron chi connectivity index (χ4n) is 2.10. The van der Waals surface area contributed by atoms with E-state index in [9.17, 15) is 4.79 Å². The van der Waals surface area contributed by atoms with Gasteiger partial charge in [0.2, 0.25) is 5.95 Å². The van der Waals surface area contributed by atoms with E-state index in [1.54, 1.807) is 17.3 Å². The number of rotatable bonds is 6. The van der Waals surface area contributed by atoms with Gasteiger partial charge in [0.05, 0.1) is 17.8 Å². The van der Waals surface area contributed by atoms with Crippen molar-refractivity contribution < 1.29 is 4.79 Å². The van der Waals surface area contributed by atoms with Gasteiger partial charge < -0.3 is 14.8 Å². The van der Waals surface area contributed by atoms with Crippen LogP contribution in [0.15, 0.2) is 18.6 Å². The standard InChI is InChI=1S/C15H22N6O/c1-5-7-21-8-6-16-13(21)10-17-14(22)12-9-18-15(20(3)4)19-11(12)2/h6,8-9H,5,7,10H2,1-4H3,(H,17,22). The largest absolute Gasteiger partial charge is 0.347 e. The third kappa shape index (κ3) is 3.60. The first-order valence-corrected chi connectivity index (χ1v) is 7.32. The summed E-state index contributed by atoms with van der Waals surface area (Å²) in [6.07, 6.45) is 6.25. The van der Waals surface area contributed by atoms with Crippen LogP contribution in [0.4, 0.5) is 5.95 Å². The number of hydrogen-bond donors (Lipinski definition) is 1. The van der Waals surface area contributed by atoms with E-state index in [4.69, 9.17) is 0 Å². The van der Waals surface area contributed by atoms with Gasteiger partial charge in [0.15, 0.2) is 0 Å². The molecular formula is C15H22N6O. The number of aromatic nitrogens is 4. The number of imidazole rings is 1.